The first-order valence-corrected chi connectivity index (χ1v) is 4.47. The van der Waals surface area contributed by atoms with Crippen LogP contribution in [0, 0.1) is 0 Å². The fourth-order valence-electron chi connectivity index (χ4n) is 1.46. The van der Waals surface area contributed by atoms with Crippen LogP contribution in [0.3, 0.4) is 0 Å². The molecule has 0 aliphatic heterocycles. The number of nitrogen functional groups attached to an aromatic ring is 1. The van der Waals surface area contributed by atoms with Gasteiger partial charge in [-0.1, -0.05) is 0 Å². The Kier molecular flexibility index (Phi) is 1.96. The molecule has 0 saturated heterocycles. The minimum absolute atomic E-state index is 0.0375. The van der Waals surface area contributed by atoms with Crippen LogP contribution >= 0.6 is 0 Å². The third-order valence-corrected chi connectivity index (χ3v) is 2.17. The molecule has 2 aromatic heterocycles. The van der Waals surface area contributed by atoms with Crippen LogP contribution in [0.2, 0.25) is 0 Å². The summed E-state index contributed by atoms with van der Waals surface area (Å²) >= 11 is 0. The quantitative estimate of drug-likeness (QED) is 0.728. The molecule has 0 atom stereocenters. The van der Waals surface area contributed by atoms with Crippen molar-refractivity contribution in [3.63, 3.8) is 0 Å². The van der Waals surface area contributed by atoms with Gasteiger partial charge < -0.3 is 10.3 Å². The third kappa shape index (κ3) is 1.25. The molecule has 0 bridgehead atoms. The number of nitrogens with zero attached hydrogens (tertiary/aromatic N) is 2. The van der Waals surface area contributed by atoms with E-state index in [9.17, 15) is 4.79 Å². The number of aryl methyl sites for hydroxylation is 1. The first-order chi connectivity index (χ1) is 6.72. The topological polar surface area (TPSA) is 60.9 Å². The molecule has 14 heavy (non-hydrogen) atoms. The van der Waals surface area contributed by atoms with E-state index in [0.717, 1.165) is 6.54 Å². The van der Waals surface area contributed by atoms with Crippen molar-refractivity contribution in [3.8, 4) is 0 Å². The lowest BCUT2D eigenvalue weighted by Crippen LogP contribution is -2.08. The number of aromatic nitrogens is 2. The number of nitrogens with two attached hydrogens (primary N) is 1. The maximum absolute atomic E-state index is 11.5. The largest absolute Gasteiger partial charge is 0.397 e. The molecule has 0 radical (unpaired) electrons. The van der Waals surface area contributed by atoms with Crippen LogP contribution < -0.4 is 11.2 Å². The summed E-state index contributed by atoms with van der Waals surface area (Å²) in [6, 6.07) is 3.20. The molecule has 0 aliphatic carbocycles. The fourth-order valence-corrected chi connectivity index (χ4v) is 1.46. The average molecular weight is 189 g/mol. The highest BCUT2D eigenvalue weighted by Gasteiger charge is 2.02. The van der Waals surface area contributed by atoms with Crippen molar-refractivity contribution in [2.24, 2.45) is 0 Å². The van der Waals surface area contributed by atoms with Crippen molar-refractivity contribution in [2.45, 2.75) is 13.5 Å². The lowest BCUT2D eigenvalue weighted by molar-refractivity contribution is 0.777. The number of anilines is 1. The summed E-state index contributed by atoms with van der Waals surface area (Å²) in [6.45, 7) is 2.79. The number of hydrogen-bond donors (Lipinski definition) is 1. The molecule has 0 amide bonds. The van der Waals surface area contributed by atoms with E-state index >= 15 is 0 Å². The molecular weight excluding hydrogens is 178 g/mol. The molecular formula is C10H11N3O. The summed E-state index contributed by atoms with van der Waals surface area (Å²) < 4.78 is 1.91. The van der Waals surface area contributed by atoms with E-state index in [2.05, 4.69) is 4.98 Å². The SMILES string of the molecule is CCn1ccc(=O)c2cc(N)cnc21. The van der Waals surface area contributed by atoms with Gasteiger partial charge in [0, 0.05) is 18.8 Å². The molecule has 2 N–H and O–H groups in total. The lowest BCUT2D eigenvalue weighted by atomic mass is 10.2. The molecule has 2 heterocycles. The second kappa shape index (κ2) is 3.14. The van der Waals surface area contributed by atoms with Crippen LogP contribution in [-0.2, 0) is 6.54 Å². The zero-order valence-electron chi connectivity index (χ0n) is 7.90. The van der Waals surface area contributed by atoms with E-state index < -0.39 is 0 Å². The summed E-state index contributed by atoms with van der Waals surface area (Å²) in [7, 11) is 0. The average Bonchev–Trinajstić information content (AvgIpc) is 2.19. The Morgan fingerprint density at radius 2 is 2.36 bits per heavy atom. The minimum atomic E-state index is -0.0375. The van der Waals surface area contributed by atoms with E-state index in [0.29, 0.717) is 16.7 Å². The van der Waals surface area contributed by atoms with Gasteiger partial charge in [0.2, 0.25) is 0 Å². The van der Waals surface area contributed by atoms with Gasteiger partial charge in [-0.3, -0.25) is 4.79 Å². The van der Waals surface area contributed by atoms with Crippen molar-refractivity contribution < 1.29 is 0 Å². The normalized spacial score (nSPS) is 10.6. The van der Waals surface area contributed by atoms with Crippen LogP contribution in [0.25, 0.3) is 11.0 Å². The smallest absolute Gasteiger partial charge is 0.191 e. The van der Waals surface area contributed by atoms with Crippen molar-refractivity contribution in [1.82, 2.24) is 9.55 Å². The maximum atomic E-state index is 11.5. The van der Waals surface area contributed by atoms with Crippen molar-refractivity contribution in [3.05, 3.63) is 34.7 Å². The Bertz CT molecular complexity index is 530. The Morgan fingerprint density at radius 1 is 1.57 bits per heavy atom. The van der Waals surface area contributed by atoms with Crippen LogP contribution in [0.15, 0.2) is 29.3 Å². The summed E-state index contributed by atoms with van der Waals surface area (Å²) in [5.41, 5.74) is 6.74. The molecule has 0 aliphatic rings. The zero-order chi connectivity index (χ0) is 10.1. The van der Waals surface area contributed by atoms with Crippen molar-refractivity contribution in [1.29, 1.82) is 0 Å². The Morgan fingerprint density at radius 3 is 3.07 bits per heavy atom. The molecule has 0 unspecified atom stereocenters. The lowest BCUT2D eigenvalue weighted by Gasteiger charge is -2.06. The first kappa shape index (κ1) is 8.74. The van der Waals surface area contributed by atoms with Crippen LogP contribution in [0.4, 0.5) is 5.69 Å². The second-order valence-corrected chi connectivity index (χ2v) is 3.11. The van der Waals surface area contributed by atoms with Gasteiger partial charge in [0.25, 0.3) is 0 Å². The van der Waals surface area contributed by atoms with Gasteiger partial charge in [-0.15, -0.1) is 0 Å². The van der Waals surface area contributed by atoms with Gasteiger partial charge in [0.1, 0.15) is 5.65 Å². The zero-order valence-corrected chi connectivity index (χ0v) is 7.90. The first-order valence-electron chi connectivity index (χ1n) is 4.47. The number of hydrogen-bond acceptors (Lipinski definition) is 3. The molecule has 0 spiro atoms. The monoisotopic (exact) mass is 189 g/mol. The van der Waals surface area contributed by atoms with Gasteiger partial charge in [-0.05, 0) is 13.0 Å². The van der Waals surface area contributed by atoms with Gasteiger partial charge in [-0.25, -0.2) is 4.98 Å². The summed E-state index contributed by atoms with van der Waals surface area (Å²) in [6.07, 6.45) is 3.31. The minimum Gasteiger partial charge on any atom is -0.397 e. The number of pyridine rings is 2. The Balaban J connectivity index is 2.91. The Labute approximate surface area is 81.0 Å². The Hall–Kier alpha value is -1.84. The molecule has 0 fully saturated rings. The van der Waals surface area contributed by atoms with Gasteiger partial charge in [0.05, 0.1) is 17.3 Å². The highest BCUT2D eigenvalue weighted by atomic mass is 16.1. The van der Waals surface area contributed by atoms with E-state index in [-0.39, 0.29) is 5.43 Å². The molecule has 72 valence electrons. The predicted octanol–water partition coefficient (Wildman–Crippen LogP) is 0.999. The van der Waals surface area contributed by atoms with Gasteiger partial charge in [0.15, 0.2) is 5.43 Å². The van der Waals surface area contributed by atoms with E-state index in [1.54, 1.807) is 18.5 Å². The molecule has 0 saturated carbocycles. The molecule has 2 rings (SSSR count). The fraction of sp³-hybridized carbons (Fsp3) is 0.200. The van der Waals surface area contributed by atoms with Crippen LogP contribution in [0.1, 0.15) is 6.92 Å². The van der Waals surface area contributed by atoms with Crippen molar-refractivity contribution >= 4 is 16.7 Å². The molecule has 2 aromatic rings. The van der Waals surface area contributed by atoms with E-state index in [1.165, 1.54) is 6.07 Å². The molecule has 4 nitrogen and oxygen atoms in total. The van der Waals surface area contributed by atoms with Gasteiger partial charge in [-0.2, -0.15) is 0 Å². The third-order valence-electron chi connectivity index (χ3n) is 2.17. The highest BCUT2D eigenvalue weighted by molar-refractivity contribution is 5.77. The molecule has 0 aromatic carbocycles. The predicted molar refractivity (Wildman–Crippen MR) is 56.1 cm³/mol. The molecule has 4 heteroatoms. The second-order valence-electron chi connectivity index (χ2n) is 3.11. The van der Waals surface area contributed by atoms with E-state index in [1.807, 2.05) is 11.5 Å². The number of fused-ring (bicyclic) bond motifs is 1. The highest BCUT2D eigenvalue weighted by Crippen LogP contribution is 2.10. The summed E-state index contributed by atoms with van der Waals surface area (Å²) in [5.74, 6) is 0. The maximum Gasteiger partial charge on any atom is 0.191 e. The van der Waals surface area contributed by atoms with Crippen molar-refractivity contribution in [2.75, 3.05) is 5.73 Å². The standard InChI is InChI=1S/C10H11N3O/c1-2-13-4-3-9(14)8-5-7(11)6-12-10(8)13/h3-6H,2,11H2,1H3. The number of rotatable bonds is 1. The van der Waals surface area contributed by atoms with Gasteiger partial charge >= 0.3 is 0 Å². The van der Waals surface area contributed by atoms with E-state index in [4.69, 9.17) is 5.73 Å². The summed E-state index contributed by atoms with van der Waals surface area (Å²) in [5, 5.41) is 0.578. The van der Waals surface area contributed by atoms with Crippen LogP contribution in [0.5, 0.6) is 0 Å². The van der Waals surface area contributed by atoms with Crippen LogP contribution in [-0.4, -0.2) is 9.55 Å². The summed E-state index contributed by atoms with van der Waals surface area (Å²) in [4.78, 5) is 15.6.